The Kier molecular flexibility index (Phi) is 2.15. The zero-order valence-electron chi connectivity index (χ0n) is 10.5. The summed E-state index contributed by atoms with van der Waals surface area (Å²) in [6.45, 7) is 0. The van der Waals surface area contributed by atoms with Gasteiger partial charge in [0, 0.05) is 11.6 Å². The number of rotatable bonds is 2. The largest absolute Gasteiger partial charge is 0.508 e. The van der Waals surface area contributed by atoms with E-state index >= 15 is 0 Å². The van der Waals surface area contributed by atoms with Crippen molar-refractivity contribution in [2.45, 2.75) is 18.8 Å². The zero-order valence-corrected chi connectivity index (χ0v) is 10.5. The number of hydrogen-bond donors (Lipinski definition) is 1. The molecule has 4 rings (SSSR count). The molecule has 0 saturated heterocycles. The molecular weight excluding hydrogens is 236 g/mol. The Morgan fingerprint density at radius 1 is 1.00 bits per heavy atom. The Hall–Kier alpha value is -2.29. The van der Waals surface area contributed by atoms with Gasteiger partial charge in [-0.2, -0.15) is 0 Å². The van der Waals surface area contributed by atoms with Crippen LogP contribution < -0.4 is 0 Å². The molecule has 1 aliphatic rings. The van der Waals surface area contributed by atoms with Gasteiger partial charge in [0.25, 0.3) is 0 Å². The number of aromatic nitrogens is 2. The number of hydrogen-bond acceptors (Lipinski definition) is 2. The van der Waals surface area contributed by atoms with E-state index in [9.17, 15) is 5.11 Å². The first-order chi connectivity index (χ1) is 9.33. The van der Waals surface area contributed by atoms with Crippen molar-refractivity contribution in [3.8, 4) is 11.4 Å². The van der Waals surface area contributed by atoms with E-state index in [2.05, 4.69) is 16.7 Å². The molecular formula is C16H14N2O. The van der Waals surface area contributed by atoms with E-state index < -0.39 is 0 Å². The monoisotopic (exact) mass is 250 g/mol. The van der Waals surface area contributed by atoms with Gasteiger partial charge in [-0.15, -0.1) is 0 Å². The van der Waals surface area contributed by atoms with Gasteiger partial charge in [-0.05, 0) is 49.2 Å². The molecule has 94 valence electrons. The highest BCUT2D eigenvalue weighted by Gasteiger charge is 2.29. The Balaban J connectivity index is 2.00. The van der Waals surface area contributed by atoms with E-state index in [0.29, 0.717) is 11.7 Å². The predicted octanol–water partition coefficient (Wildman–Crippen LogP) is 3.61. The van der Waals surface area contributed by atoms with Crippen LogP contribution in [0.3, 0.4) is 0 Å². The maximum absolute atomic E-state index is 9.43. The topological polar surface area (TPSA) is 38.0 Å². The molecule has 1 fully saturated rings. The van der Waals surface area contributed by atoms with Gasteiger partial charge in [0.05, 0.1) is 11.0 Å². The summed E-state index contributed by atoms with van der Waals surface area (Å²) < 4.78 is 2.21. The second-order valence-corrected chi connectivity index (χ2v) is 5.08. The predicted molar refractivity (Wildman–Crippen MR) is 74.7 cm³/mol. The van der Waals surface area contributed by atoms with Crippen molar-refractivity contribution >= 4 is 11.0 Å². The molecule has 2 aromatic carbocycles. The molecule has 0 unspecified atom stereocenters. The molecule has 0 amide bonds. The highest BCUT2D eigenvalue weighted by Crippen LogP contribution is 2.41. The minimum absolute atomic E-state index is 0.293. The summed E-state index contributed by atoms with van der Waals surface area (Å²) >= 11 is 0. The van der Waals surface area contributed by atoms with Crippen LogP contribution in [0.15, 0.2) is 48.5 Å². The van der Waals surface area contributed by atoms with Crippen molar-refractivity contribution in [3.63, 3.8) is 0 Å². The summed E-state index contributed by atoms with van der Waals surface area (Å²) in [6.07, 6.45) is 2.45. The Morgan fingerprint density at radius 3 is 2.47 bits per heavy atom. The summed E-state index contributed by atoms with van der Waals surface area (Å²) in [6, 6.07) is 15.5. The molecule has 0 atom stereocenters. The van der Waals surface area contributed by atoms with Crippen LogP contribution in [0.4, 0.5) is 0 Å². The first kappa shape index (κ1) is 10.6. The third-order valence-corrected chi connectivity index (χ3v) is 3.64. The fraction of sp³-hybridized carbons (Fsp3) is 0.188. The number of fused-ring (bicyclic) bond motifs is 1. The van der Waals surface area contributed by atoms with Crippen LogP contribution in [-0.4, -0.2) is 14.7 Å². The SMILES string of the molecule is Oc1ccc(-n2c(C3CC3)nc3ccccc32)cc1. The van der Waals surface area contributed by atoms with Crippen LogP contribution in [0.5, 0.6) is 5.75 Å². The van der Waals surface area contributed by atoms with Crippen molar-refractivity contribution in [2.75, 3.05) is 0 Å². The lowest BCUT2D eigenvalue weighted by Crippen LogP contribution is -1.99. The maximum atomic E-state index is 9.43. The summed E-state index contributed by atoms with van der Waals surface area (Å²) in [5, 5.41) is 9.43. The number of imidazole rings is 1. The van der Waals surface area contributed by atoms with Gasteiger partial charge in [0.15, 0.2) is 0 Å². The number of benzene rings is 2. The fourth-order valence-corrected chi connectivity index (χ4v) is 2.53. The Morgan fingerprint density at radius 2 is 1.74 bits per heavy atom. The minimum atomic E-state index is 0.293. The molecule has 1 aliphatic carbocycles. The van der Waals surface area contributed by atoms with Crippen molar-refractivity contribution in [1.29, 1.82) is 0 Å². The summed E-state index contributed by atoms with van der Waals surface area (Å²) in [7, 11) is 0. The number of phenols is 1. The Labute approximate surface area is 111 Å². The molecule has 1 N–H and O–H groups in total. The lowest BCUT2D eigenvalue weighted by atomic mass is 10.2. The van der Waals surface area contributed by atoms with Crippen LogP contribution in [-0.2, 0) is 0 Å². The van der Waals surface area contributed by atoms with Crippen molar-refractivity contribution in [3.05, 3.63) is 54.4 Å². The van der Waals surface area contributed by atoms with E-state index in [4.69, 9.17) is 4.98 Å². The van der Waals surface area contributed by atoms with Gasteiger partial charge >= 0.3 is 0 Å². The van der Waals surface area contributed by atoms with Gasteiger partial charge in [0.1, 0.15) is 11.6 Å². The smallest absolute Gasteiger partial charge is 0.117 e. The second kappa shape index (κ2) is 3.85. The lowest BCUT2D eigenvalue weighted by molar-refractivity contribution is 0.475. The summed E-state index contributed by atoms with van der Waals surface area (Å²) in [5.41, 5.74) is 3.24. The molecule has 3 aromatic rings. The quantitative estimate of drug-likeness (QED) is 0.754. The van der Waals surface area contributed by atoms with E-state index in [1.807, 2.05) is 24.3 Å². The van der Waals surface area contributed by atoms with Crippen molar-refractivity contribution in [1.82, 2.24) is 9.55 Å². The maximum Gasteiger partial charge on any atom is 0.117 e. The van der Waals surface area contributed by atoms with Gasteiger partial charge < -0.3 is 5.11 Å². The second-order valence-electron chi connectivity index (χ2n) is 5.08. The molecule has 1 heterocycles. The van der Waals surface area contributed by atoms with E-state index in [1.165, 1.54) is 12.8 Å². The molecule has 0 aliphatic heterocycles. The third-order valence-electron chi connectivity index (χ3n) is 3.64. The highest BCUT2D eigenvalue weighted by atomic mass is 16.3. The van der Waals surface area contributed by atoms with Gasteiger partial charge in [0.2, 0.25) is 0 Å². The first-order valence-corrected chi connectivity index (χ1v) is 6.60. The molecule has 0 spiro atoms. The number of nitrogens with zero attached hydrogens (tertiary/aromatic N) is 2. The third kappa shape index (κ3) is 1.70. The normalized spacial score (nSPS) is 14.9. The zero-order chi connectivity index (χ0) is 12.8. The fourth-order valence-electron chi connectivity index (χ4n) is 2.53. The summed E-state index contributed by atoms with van der Waals surface area (Å²) in [5.74, 6) is 2.02. The van der Waals surface area contributed by atoms with Crippen LogP contribution in [0, 0.1) is 0 Å². The van der Waals surface area contributed by atoms with Gasteiger partial charge in [-0.3, -0.25) is 4.57 Å². The molecule has 0 radical (unpaired) electrons. The lowest BCUT2D eigenvalue weighted by Gasteiger charge is -2.08. The van der Waals surface area contributed by atoms with Crippen LogP contribution in [0.1, 0.15) is 24.6 Å². The van der Waals surface area contributed by atoms with Gasteiger partial charge in [-0.1, -0.05) is 12.1 Å². The van der Waals surface area contributed by atoms with Crippen molar-refractivity contribution in [2.24, 2.45) is 0 Å². The molecule has 1 aromatic heterocycles. The van der Waals surface area contributed by atoms with E-state index in [0.717, 1.165) is 22.5 Å². The summed E-state index contributed by atoms with van der Waals surface area (Å²) in [4.78, 5) is 4.77. The van der Waals surface area contributed by atoms with Crippen LogP contribution in [0.2, 0.25) is 0 Å². The number of phenolic OH excluding ortho intramolecular Hbond substituents is 1. The average molecular weight is 250 g/mol. The average Bonchev–Trinajstić information content (AvgIpc) is 3.21. The van der Waals surface area contributed by atoms with Gasteiger partial charge in [-0.25, -0.2) is 4.98 Å². The Bertz CT molecular complexity index is 739. The van der Waals surface area contributed by atoms with Crippen LogP contribution in [0.25, 0.3) is 16.7 Å². The molecule has 3 heteroatoms. The standard InChI is InChI=1S/C16H14N2O/c19-13-9-7-12(8-10-13)18-15-4-2-1-3-14(15)17-16(18)11-5-6-11/h1-4,7-11,19H,5-6H2. The molecule has 1 saturated carbocycles. The number of aromatic hydroxyl groups is 1. The first-order valence-electron chi connectivity index (χ1n) is 6.60. The minimum Gasteiger partial charge on any atom is -0.508 e. The molecule has 3 nitrogen and oxygen atoms in total. The van der Waals surface area contributed by atoms with E-state index in [-0.39, 0.29) is 0 Å². The highest BCUT2D eigenvalue weighted by molar-refractivity contribution is 5.78. The molecule has 0 bridgehead atoms. The van der Waals surface area contributed by atoms with Crippen molar-refractivity contribution < 1.29 is 5.11 Å². The van der Waals surface area contributed by atoms with Crippen LogP contribution >= 0.6 is 0 Å². The number of para-hydroxylation sites is 2. The van der Waals surface area contributed by atoms with E-state index in [1.54, 1.807) is 12.1 Å². The molecule has 19 heavy (non-hydrogen) atoms.